The van der Waals surface area contributed by atoms with Crippen molar-refractivity contribution in [2.24, 2.45) is 5.16 Å². The number of oxime groups is 1. The van der Waals surface area contributed by atoms with Gasteiger partial charge in [-0.2, -0.15) is 4.98 Å². The van der Waals surface area contributed by atoms with Crippen molar-refractivity contribution in [2.75, 3.05) is 7.11 Å². The van der Waals surface area contributed by atoms with Gasteiger partial charge in [0, 0.05) is 19.0 Å². The predicted octanol–water partition coefficient (Wildman–Crippen LogP) is 0.885. The Labute approximate surface area is 93.3 Å². The Bertz CT molecular complexity index is 404. The highest BCUT2D eigenvalue weighted by molar-refractivity contribution is 5.67. The van der Waals surface area contributed by atoms with Gasteiger partial charge < -0.3 is 9.57 Å². The Balaban J connectivity index is 2.63. The average Bonchev–Trinajstić information content (AvgIpc) is 2.23. The summed E-state index contributed by atoms with van der Waals surface area (Å²) in [4.78, 5) is 23.0. The van der Waals surface area contributed by atoms with Crippen LogP contribution in [0.5, 0.6) is 6.01 Å². The lowest BCUT2D eigenvalue weighted by Gasteiger charge is -2.01. The summed E-state index contributed by atoms with van der Waals surface area (Å²) in [7, 11) is 1.51. The zero-order chi connectivity index (χ0) is 12.0. The van der Waals surface area contributed by atoms with Crippen molar-refractivity contribution in [1.82, 2.24) is 9.97 Å². The molecule has 1 rings (SSSR count). The number of methoxy groups -OCH3 is 1. The van der Waals surface area contributed by atoms with E-state index in [1.807, 2.05) is 13.0 Å². The van der Waals surface area contributed by atoms with E-state index < -0.39 is 5.97 Å². The van der Waals surface area contributed by atoms with E-state index in [0.717, 1.165) is 11.4 Å². The van der Waals surface area contributed by atoms with Crippen LogP contribution in [0, 0.1) is 6.92 Å². The van der Waals surface area contributed by atoms with Crippen molar-refractivity contribution in [1.29, 1.82) is 0 Å². The van der Waals surface area contributed by atoms with E-state index >= 15 is 0 Å². The molecule has 0 aliphatic rings. The zero-order valence-corrected chi connectivity index (χ0v) is 9.43. The first kappa shape index (κ1) is 12.1. The lowest BCUT2D eigenvalue weighted by molar-refractivity contribution is -0.140. The molecule has 1 aromatic rings. The lowest BCUT2D eigenvalue weighted by atomic mass is 10.3. The minimum absolute atomic E-state index is 0.316. The van der Waals surface area contributed by atoms with Gasteiger partial charge in [0.1, 0.15) is 0 Å². The summed E-state index contributed by atoms with van der Waals surface area (Å²) in [6.45, 7) is 3.13. The molecule has 0 saturated carbocycles. The van der Waals surface area contributed by atoms with Gasteiger partial charge in [0.05, 0.1) is 19.0 Å². The van der Waals surface area contributed by atoms with E-state index in [1.54, 1.807) is 0 Å². The molecule has 1 aromatic heterocycles. The minimum Gasteiger partial charge on any atom is -0.467 e. The second kappa shape index (κ2) is 5.79. The third-order valence-electron chi connectivity index (χ3n) is 1.63. The number of aromatic nitrogens is 2. The summed E-state index contributed by atoms with van der Waals surface area (Å²) in [6, 6.07) is 2.12. The third kappa shape index (κ3) is 4.04. The zero-order valence-electron chi connectivity index (χ0n) is 9.43. The summed E-state index contributed by atoms with van der Waals surface area (Å²) in [5, 5.41) is 3.48. The second-order valence-corrected chi connectivity index (χ2v) is 3.06. The van der Waals surface area contributed by atoms with Crippen LogP contribution in [0.3, 0.4) is 0 Å². The molecular formula is C10H13N3O3. The molecule has 86 valence electrons. The Morgan fingerprint density at radius 3 is 2.94 bits per heavy atom. The van der Waals surface area contributed by atoms with Crippen LogP contribution in [-0.4, -0.2) is 29.3 Å². The highest BCUT2D eigenvalue weighted by Gasteiger charge is 2.00. The number of carbonyl (C=O) groups excluding carboxylic acids is 1. The van der Waals surface area contributed by atoms with Crippen LogP contribution in [0.25, 0.3) is 0 Å². The Morgan fingerprint density at radius 2 is 2.31 bits per heavy atom. The van der Waals surface area contributed by atoms with Crippen LogP contribution in [0.4, 0.5) is 0 Å². The van der Waals surface area contributed by atoms with Crippen molar-refractivity contribution >= 4 is 12.2 Å². The van der Waals surface area contributed by atoms with E-state index in [1.165, 1.54) is 20.2 Å². The van der Waals surface area contributed by atoms with E-state index in [4.69, 9.17) is 4.74 Å². The smallest absolute Gasteiger partial charge is 0.331 e. The quantitative estimate of drug-likeness (QED) is 0.430. The fourth-order valence-electron chi connectivity index (χ4n) is 1.04. The molecule has 0 amide bonds. The first-order valence-electron chi connectivity index (χ1n) is 4.69. The predicted molar refractivity (Wildman–Crippen MR) is 57.3 cm³/mol. The summed E-state index contributed by atoms with van der Waals surface area (Å²) in [5.74, 6) is -0.451. The van der Waals surface area contributed by atoms with Crippen LogP contribution in [0.15, 0.2) is 11.2 Å². The van der Waals surface area contributed by atoms with Crippen molar-refractivity contribution in [3.8, 4) is 6.01 Å². The molecule has 16 heavy (non-hydrogen) atoms. The molecule has 0 unspecified atom stereocenters. The fourth-order valence-corrected chi connectivity index (χ4v) is 1.04. The molecule has 1 heterocycles. The van der Waals surface area contributed by atoms with Gasteiger partial charge in [-0.1, -0.05) is 5.16 Å². The second-order valence-electron chi connectivity index (χ2n) is 3.06. The first-order valence-corrected chi connectivity index (χ1v) is 4.69. The highest BCUT2D eigenvalue weighted by atomic mass is 16.7. The molecule has 0 atom stereocenters. The van der Waals surface area contributed by atoms with Crippen LogP contribution < -0.4 is 4.74 Å². The van der Waals surface area contributed by atoms with E-state index in [9.17, 15) is 4.79 Å². The number of hydrogen-bond acceptors (Lipinski definition) is 6. The Hall–Kier alpha value is -1.98. The van der Waals surface area contributed by atoms with Gasteiger partial charge in [0.25, 0.3) is 0 Å². The number of ether oxygens (including phenoxy) is 1. The average molecular weight is 223 g/mol. The molecule has 0 fully saturated rings. The van der Waals surface area contributed by atoms with Gasteiger partial charge in [0.15, 0.2) is 0 Å². The molecule has 0 aliphatic heterocycles. The molecule has 6 heteroatoms. The minimum atomic E-state index is -0.451. The SMILES string of the molecule is COc1nc(C)cc(C/C=N/OC(C)=O)n1. The molecule has 0 bridgehead atoms. The summed E-state index contributed by atoms with van der Waals surface area (Å²) in [5.41, 5.74) is 1.56. The van der Waals surface area contributed by atoms with Crippen molar-refractivity contribution < 1.29 is 14.4 Å². The normalized spacial score (nSPS) is 10.4. The lowest BCUT2D eigenvalue weighted by Crippen LogP contribution is -2.00. The van der Waals surface area contributed by atoms with E-state index in [-0.39, 0.29) is 0 Å². The van der Waals surface area contributed by atoms with Crippen molar-refractivity contribution in [3.05, 3.63) is 17.5 Å². The van der Waals surface area contributed by atoms with Gasteiger partial charge >= 0.3 is 12.0 Å². The standard InChI is InChI=1S/C10H13N3O3/c1-7-6-9(13-10(12-7)15-3)4-5-11-16-8(2)14/h5-6H,4H2,1-3H3/b11-5+. The van der Waals surface area contributed by atoms with Crippen LogP contribution in [0.2, 0.25) is 0 Å². The van der Waals surface area contributed by atoms with Gasteiger partial charge in [-0.15, -0.1) is 0 Å². The van der Waals surface area contributed by atoms with Crippen LogP contribution >= 0.6 is 0 Å². The van der Waals surface area contributed by atoms with Crippen LogP contribution in [0.1, 0.15) is 18.3 Å². The Kier molecular flexibility index (Phi) is 4.38. The molecule has 0 aromatic carbocycles. The molecule has 0 spiro atoms. The Morgan fingerprint density at radius 1 is 1.56 bits per heavy atom. The molecular weight excluding hydrogens is 210 g/mol. The summed E-state index contributed by atoms with van der Waals surface area (Å²) in [6.07, 6.45) is 1.91. The highest BCUT2D eigenvalue weighted by Crippen LogP contribution is 2.06. The van der Waals surface area contributed by atoms with E-state index in [0.29, 0.717) is 12.4 Å². The molecule has 0 saturated heterocycles. The number of carbonyl (C=O) groups is 1. The number of nitrogens with zero attached hydrogens (tertiary/aromatic N) is 3. The molecule has 6 nitrogen and oxygen atoms in total. The summed E-state index contributed by atoms with van der Waals surface area (Å²) < 4.78 is 4.93. The number of hydrogen-bond donors (Lipinski definition) is 0. The first-order chi connectivity index (χ1) is 7.61. The fraction of sp³-hybridized carbons (Fsp3) is 0.400. The summed E-state index contributed by atoms with van der Waals surface area (Å²) >= 11 is 0. The molecule has 0 N–H and O–H groups in total. The number of aryl methyl sites for hydroxylation is 1. The van der Waals surface area contributed by atoms with Gasteiger partial charge in [-0.25, -0.2) is 9.78 Å². The van der Waals surface area contributed by atoms with Crippen molar-refractivity contribution in [2.45, 2.75) is 20.3 Å². The maximum Gasteiger partial charge on any atom is 0.331 e. The van der Waals surface area contributed by atoms with Gasteiger partial charge in [-0.05, 0) is 13.0 Å². The molecule has 0 aliphatic carbocycles. The monoisotopic (exact) mass is 223 g/mol. The van der Waals surface area contributed by atoms with E-state index in [2.05, 4.69) is 20.0 Å². The van der Waals surface area contributed by atoms with Crippen LogP contribution in [-0.2, 0) is 16.1 Å². The van der Waals surface area contributed by atoms with Crippen molar-refractivity contribution in [3.63, 3.8) is 0 Å². The molecule has 0 radical (unpaired) electrons. The van der Waals surface area contributed by atoms with Gasteiger partial charge in [-0.3, -0.25) is 0 Å². The largest absolute Gasteiger partial charge is 0.467 e. The maximum atomic E-state index is 10.4. The number of rotatable bonds is 4. The maximum absolute atomic E-state index is 10.4. The third-order valence-corrected chi connectivity index (χ3v) is 1.63. The topological polar surface area (TPSA) is 73.7 Å². The van der Waals surface area contributed by atoms with Gasteiger partial charge in [0.2, 0.25) is 0 Å².